The number of aromatic nitrogens is 2. The number of amides is 1. The number of nitrogens with one attached hydrogen (secondary N) is 1. The van der Waals surface area contributed by atoms with Gasteiger partial charge in [0.25, 0.3) is 5.91 Å². The van der Waals surface area contributed by atoms with Gasteiger partial charge in [0.15, 0.2) is 15.5 Å². The SMILES string of the molecule is O=C(NC1CCS(=O)(=O)C1)c1nn(-c2ccc(F)cc2)c2c1CCCC2. The lowest BCUT2D eigenvalue weighted by Crippen LogP contribution is -2.36. The van der Waals surface area contributed by atoms with Crippen LogP contribution in [0.2, 0.25) is 0 Å². The van der Waals surface area contributed by atoms with Gasteiger partial charge in [0.05, 0.1) is 17.2 Å². The van der Waals surface area contributed by atoms with Crippen molar-refractivity contribution in [3.8, 4) is 5.69 Å². The first-order chi connectivity index (χ1) is 12.4. The molecule has 1 aliphatic carbocycles. The van der Waals surface area contributed by atoms with Crippen LogP contribution in [0.3, 0.4) is 0 Å². The van der Waals surface area contributed by atoms with Gasteiger partial charge >= 0.3 is 0 Å². The zero-order valence-corrected chi connectivity index (χ0v) is 15.1. The lowest BCUT2D eigenvalue weighted by Gasteiger charge is -2.14. The molecule has 1 aromatic heterocycles. The molecule has 2 aromatic rings. The molecule has 1 unspecified atom stereocenters. The Hall–Kier alpha value is -2.22. The van der Waals surface area contributed by atoms with Gasteiger partial charge in [-0.3, -0.25) is 4.79 Å². The van der Waals surface area contributed by atoms with Crippen molar-refractivity contribution >= 4 is 15.7 Å². The monoisotopic (exact) mass is 377 g/mol. The summed E-state index contributed by atoms with van der Waals surface area (Å²) in [5.41, 5.74) is 2.96. The minimum Gasteiger partial charge on any atom is -0.347 e. The van der Waals surface area contributed by atoms with Crippen molar-refractivity contribution < 1.29 is 17.6 Å². The zero-order chi connectivity index (χ0) is 18.3. The van der Waals surface area contributed by atoms with Crippen LogP contribution in [0.4, 0.5) is 4.39 Å². The summed E-state index contributed by atoms with van der Waals surface area (Å²) in [6, 6.07) is 5.66. The van der Waals surface area contributed by atoms with Crippen molar-refractivity contribution in [2.75, 3.05) is 11.5 Å². The molecule has 138 valence electrons. The lowest BCUT2D eigenvalue weighted by molar-refractivity contribution is 0.0934. The molecule has 8 heteroatoms. The molecule has 4 rings (SSSR count). The second kappa shape index (κ2) is 6.50. The van der Waals surface area contributed by atoms with E-state index in [-0.39, 0.29) is 29.3 Å². The first kappa shape index (κ1) is 17.2. The first-order valence-electron chi connectivity index (χ1n) is 8.81. The number of carbonyl (C=O) groups excluding carboxylic acids is 1. The van der Waals surface area contributed by atoms with Gasteiger partial charge in [0, 0.05) is 17.3 Å². The van der Waals surface area contributed by atoms with Crippen LogP contribution in [-0.2, 0) is 22.7 Å². The van der Waals surface area contributed by atoms with Crippen LogP contribution in [-0.4, -0.2) is 41.7 Å². The number of fused-ring (bicyclic) bond motifs is 1. The second-order valence-corrected chi connectivity index (χ2v) is 9.17. The maximum Gasteiger partial charge on any atom is 0.272 e. The third kappa shape index (κ3) is 3.25. The molecule has 1 fully saturated rings. The van der Waals surface area contributed by atoms with E-state index in [4.69, 9.17) is 0 Å². The quantitative estimate of drug-likeness (QED) is 0.885. The van der Waals surface area contributed by atoms with Crippen molar-refractivity contribution in [2.24, 2.45) is 0 Å². The Kier molecular flexibility index (Phi) is 4.30. The molecule has 2 heterocycles. The number of hydrogen-bond acceptors (Lipinski definition) is 4. The van der Waals surface area contributed by atoms with E-state index in [0.29, 0.717) is 17.8 Å². The fourth-order valence-electron chi connectivity index (χ4n) is 3.74. The molecule has 0 bridgehead atoms. The normalized spacial score (nSPS) is 21.3. The summed E-state index contributed by atoms with van der Waals surface area (Å²) in [4.78, 5) is 12.7. The van der Waals surface area contributed by atoms with E-state index in [1.165, 1.54) is 12.1 Å². The third-order valence-corrected chi connectivity index (χ3v) is 6.80. The van der Waals surface area contributed by atoms with Crippen LogP contribution in [0, 0.1) is 5.82 Å². The second-order valence-electron chi connectivity index (χ2n) is 6.94. The van der Waals surface area contributed by atoms with Crippen LogP contribution in [0.1, 0.15) is 41.0 Å². The molecule has 1 aliphatic heterocycles. The van der Waals surface area contributed by atoms with E-state index in [0.717, 1.165) is 36.9 Å². The molecule has 0 radical (unpaired) electrons. The highest BCUT2D eigenvalue weighted by atomic mass is 32.2. The maximum absolute atomic E-state index is 13.2. The van der Waals surface area contributed by atoms with Gasteiger partial charge in [0.1, 0.15) is 5.82 Å². The average Bonchev–Trinajstić information content (AvgIpc) is 3.16. The van der Waals surface area contributed by atoms with Gasteiger partial charge in [0.2, 0.25) is 0 Å². The largest absolute Gasteiger partial charge is 0.347 e. The molecule has 1 amide bonds. The molecule has 1 N–H and O–H groups in total. The predicted molar refractivity (Wildman–Crippen MR) is 94.7 cm³/mol. The molecule has 0 spiro atoms. The summed E-state index contributed by atoms with van der Waals surface area (Å²) in [6.45, 7) is 0. The molecule has 1 atom stereocenters. The number of sulfone groups is 1. The fraction of sp³-hybridized carbons (Fsp3) is 0.444. The number of benzene rings is 1. The summed E-state index contributed by atoms with van der Waals surface area (Å²) < 4.78 is 38.2. The maximum atomic E-state index is 13.2. The van der Waals surface area contributed by atoms with Crippen molar-refractivity contribution in [1.29, 1.82) is 0 Å². The third-order valence-electron chi connectivity index (χ3n) is 5.03. The van der Waals surface area contributed by atoms with E-state index >= 15 is 0 Å². The van der Waals surface area contributed by atoms with Crippen LogP contribution in [0.15, 0.2) is 24.3 Å². The molecule has 0 saturated carbocycles. The molecular formula is C18H20FN3O3S. The summed E-state index contributed by atoms with van der Waals surface area (Å²) >= 11 is 0. The molecule has 1 saturated heterocycles. The van der Waals surface area contributed by atoms with Gasteiger partial charge in [-0.1, -0.05) is 0 Å². The van der Waals surface area contributed by atoms with Gasteiger partial charge in [-0.15, -0.1) is 0 Å². The molecule has 6 nitrogen and oxygen atoms in total. The van der Waals surface area contributed by atoms with Crippen LogP contribution < -0.4 is 5.32 Å². The van der Waals surface area contributed by atoms with E-state index in [2.05, 4.69) is 10.4 Å². The highest BCUT2D eigenvalue weighted by Crippen LogP contribution is 2.27. The fourth-order valence-corrected chi connectivity index (χ4v) is 5.41. The van der Waals surface area contributed by atoms with Gasteiger partial charge in [-0.2, -0.15) is 5.10 Å². The van der Waals surface area contributed by atoms with E-state index in [1.807, 2.05) is 0 Å². The Morgan fingerprint density at radius 2 is 1.92 bits per heavy atom. The van der Waals surface area contributed by atoms with Crippen LogP contribution in [0.25, 0.3) is 5.69 Å². The standard InChI is InChI=1S/C18H20FN3O3S/c19-12-5-7-14(8-6-12)22-16-4-2-1-3-15(16)17(21-22)18(23)20-13-9-10-26(24,25)11-13/h5-8,13H,1-4,9-11H2,(H,20,23). The van der Waals surface area contributed by atoms with Gasteiger partial charge < -0.3 is 5.32 Å². The van der Waals surface area contributed by atoms with Crippen molar-refractivity contribution in [1.82, 2.24) is 15.1 Å². The summed E-state index contributed by atoms with van der Waals surface area (Å²) in [7, 11) is -3.06. The Morgan fingerprint density at radius 3 is 2.62 bits per heavy atom. The number of nitrogens with zero attached hydrogens (tertiary/aromatic N) is 2. The highest BCUT2D eigenvalue weighted by molar-refractivity contribution is 7.91. The Labute approximate surface area is 151 Å². The van der Waals surface area contributed by atoms with Gasteiger partial charge in [-0.25, -0.2) is 17.5 Å². The minimum atomic E-state index is -3.06. The molecule has 26 heavy (non-hydrogen) atoms. The minimum absolute atomic E-state index is 0.0143. The Morgan fingerprint density at radius 1 is 1.19 bits per heavy atom. The topological polar surface area (TPSA) is 81.1 Å². The van der Waals surface area contributed by atoms with Gasteiger partial charge in [-0.05, 0) is 56.4 Å². The van der Waals surface area contributed by atoms with E-state index in [1.54, 1.807) is 16.8 Å². The molecular weight excluding hydrogens is 357 g/mol. The van der Waals surface area contributed by atoms with Crippen molar-refractivity contribution in [3.63, 3.8) is 0 Å². The summed E-state index contributed by atoms with van der Waals surface area (Å²) in [6.07, 6.45) is 4.02. The Bertz CT molecular complexity index is 951. The Balaban J connectivity index is 1.66. The highest BCUT2D eigenvalue weighted by Gasteiger charge is 2.31. The first-order valence-corrected chi connectivity index (χ1v) is 10.6. The summed E-state index contributed by atoms with van der Waals surface area (Å²) in [5.74, 6) is -0.555. The van der Waals surface area contributed by atoms with Crippen LogP contribution in [0.5, 0.6) is 0 Å². The van der Waals surface area contributed by atoms with Crippen molar-refractivity contribution in [2.45, 2.75) is 38.1 Å². The number of carbonyl (C=O) groups is 1. The average molecular weight is 377 g/mol. The zero-order valence-electron chi connectivity index (χ0n) is 14.2. The predicted octanol–water partition coefficient (Wildman–Crippen LogP) is 1.81. The van der Waals surface area contributed by atoms with Crippen molar-refractivity contribution in [3.05, 3.63) is 47.0 Å². The molecule has 2 aliphatic rings. The van der Waals surface area contributed by atoms with Crippen LogP contribution >= 0.6 is 0 Å². The lowest BCUT2D eigenvalue weighted by atomic mass is 9.95. The number of rotatable bonds is 3. The van der Waals surface area contributed by atoms with E-state index < -0.39 is 9.84 Å². The van der Waals surface area contributed by atoms with E-state index in [9.17, 15) is 17.6 Å². The summed E-state index contributed by atoms with van der Waals surface area (Å²) in [5, 5.41) is 7.32. The number of halogens is 1. The number of hydrogen-bond donors (Lipinski definition) is 1. The smallest absolute Gasteiger partial charge is 0.272 e. The molecule has 1 aromatic carbocycles.